The molecule has 0 saturated heterocycles. The van der Waals surface area contributed by atoms with Gasteiger partial charge in [0.25, 0.3) is 0 Å². The Bertz CT molecular complexity index is 788. The van der Waals surface area contributed by atoms with Crippen LogP contribution >= 0.6 is 0 Å². The second-order valence-electron chi connectivity index (χ2n) is 6.02. The van der Waals surface area contributed by atoms with Gasteiger partial charge in [-0.15, -0.1) is 0 Å². The molecule has 2 aromatic rings. The second-order valence-corrected chi connectivity index (χ2v) is 7.77. The maximum atomic E-state index is 11.2. The molecule has 0 aromatic heterocycles. The molecule has 0 aliphatic carbocycles. The van der Waals surface area contributed by atoms with E-state index in [2.05, 4.69) is 34.4 Å². The Morgan fingerprint density at radius 1 is 1.04 bits per heavy atom. The number of sulfonamides is 1. The van der Waals surface area contributed by atoms with Gasteiger partial charge in [0.2, 0.25) is 10.0 Å². The van der Waals surface area contributed by atoms with Crippen LogP contribution in [0.1, 0.15) is 24.9 Å². The molecule has 0 radical (unpaired) electrons. The Kier molecular flexibility index (Phi) is 4.17. The minimum atomic E-state index is -3.24. The quantitative estimate of drug-likeness (QED) is 0.803. The van der Waals surface area contributed by atoms with Crippen molar-refractivity contribution >= 4 is 27.1 Å². The average molecular weight is 331 g/mol. The largest absolute Gasteiger partial charge is 0.382 e. The molecule has 0 amide bonds. The van der Waals surface area contributed by atoms with Crippen LogP contribution < -0.4 is 15.4 Å². The van der Waals surface area contributed by atoms with Crippen molar-refractivity contribution in [1.82, 2.24) is 0 Å². The van der Waals surface area contributed by atoms with Crippen molar-refractivity contribution in [1.29, 1.82) is 0 Å². The van der Waals surface area contributed by atoms with E-state index >= 15 is 0 Å². The lowest BCUT2D eigenvalue weighted by atomic mass is 9.93. The van der Waals surface area contributed by atoms with Crippen molar-refractivity contribution in [2.45, 2.75) is 25.4 Å². The lowest BCUT2D eigenvalue weighted by Gasteiger charge is -2.32. The summed E-state index contributed by atoms with van der Waals surface area (Å²) in [7, 11) is -3.24. The predicted octanol–water partition coefficient (Wildman–Crippen LogP) is 3.42. The third-order valence-electron chi connectivity index (χ3n) is 3.86. The number of fused-ring (bicyclic) bond motifs is 1. The summed E-state index contributed by atoms with van der Waals surface area (Å²) in [5, 5.41) is 7.03. The van der Waals surface area contributed by atoms with Crippen molar-refractivity contribution in [3.63, 3.8) is 0 Å². The lowest BCUT2D eigenvalue weighted by Crippen LogP contribution is -2.28. The normalized spacial score (nSPS) is 20.3. The standard InChI is InChI=1S/C17H21N3O2S/c1-12-11-17(15-5-3-4-6-16(15)18-12)19-13-7-9-14(10-8-13)20-23(2,21)22/h3-10,12,17-20H,11H2,1-2H3/t12-,17+/m0/s1. The van der Waals surface area contributed by atoms with Gasteiger partial charge in [-0.1, -0.05) is 18.2 Å². The Hall–Kier alpha value is -2.21. The molecule has 1 heterocycles. The van der Waals surface area contributed by atoms with Crippen molar-refractivity contribution in [3.05, 3.63) is 54.1 Å². The van der Waals surface area contributed by atoms with Crippen LogP contribution in [-0.4, -0.2) is 20.7 Å². The highest BCUT2D eigenvalue weighted by molar-refractivity contribution is 7.92. The molecule has 1 aliphatic rings. The molecule has 3 N–H and O–H groups in total. The molecule has 23 heavy (non-hydrogen) atoms. The summed E-state index contributed by atoms with van der Waals surface area (Å²) in [5.41, 5.74) is 3.96. The fraction of sp³-hybridized carbons (Fsp3) is 0.294. The number of hydrogen-bond acceptors (Lipinski definition) is 4. The van der Waals surface area contributed by atoms with Gasteiger partial charge in [0.05, 0.1) is 12.3 Å². The lowest BCUT2D eigenvalue weighted by molar-refractivity contribution is 0.600. The molecule has 1 aliphatic heterocycles. The number of nitrogens with one attached hydrogen (secondary N) is 3. The van der Waals surface area contributed by atoms with Crippen molar-refractivity contribution in [2.75, 3.05) is 21.6 Å². The summed E-state index contributed by atoms with van der Waals surface area (Å²) in [4.78, 5) is 0. The minimum absolute atomic E-state index is 0.233. The fourth-order valence-corrected chi connectivity index (χ4v) is 3.49. The van der Waals surface area contributed by atoms with Gasteiger partial charge < -0.3 is 10.6 Å². The molecule has 2 aromatic carbocycles. The molecule has 6 heteroatoms. The highest BCUT2D eigenvalue weighted by atomic mass is 32.2. The van der Waals surface area contributed by atoms with Crippen molar-refractivity contribution in [2.24, 2.45) is 0 Å². The predicted molar refractivity (Wildman–Crippen MR) is 95.4 cm³/mol. The van der Waals surface area contributed by atoms with Gasteiger partial charge >= 0.3 is 0 Å². The minimum Gasteiger partial charge on any atom is -0.382 e. The molecule has 0 fully saturated rings. The zero-order valence-corrected chi connectivity index (χ0v) is 14.0. The zero-order valence-electron chi connectivity index (χ0n) is 13.2. The Labute approximate surface area is 137 Å². The third-order valence-corrected chi connectivity index (χ3v) is 4.46. The Morgan fingerprint density at radius 3 is 2.39 bits per heavy atom. The first-order valence-corrected chi connectivity index (χ1v) is 9.50. The summed E-state index contributed by atoms with van der Waals surface area (Å²) >= 11 is 0. The summed E-state index contributed by atoms with van der Waals surface area (Å²) in [6.45, 7) is 2.17. The van der Waals surface area contributed by atoms with E-state index in [9.17, 15) is 8.42 Å². The number of hydrogen-bond donors (Lipinski definition) is 3. The second kappa shape index (κ2) is 6.12. The number of benzene rings is 2. The van der Waals surface area contributed by atoms with Gasteiger partial charge in [-0.25, -0.2) is 8.42 Å². The summed E-state index contributed by atoms with van der Waals surface area (Å²) in [6.07, 6.45) is 2.13. The van der Waals surface area contributed by atoms with Crippen molar-refractivity contribution in [3.8, 4) is 0 Å². The van der Waals surface area contributed by atoms with Crippen LogP contribution in [0.3, 0.4) is 0 Å². The van der Waals surface area contributed by atoms with Gasteiger partial charge in [0.1, 0.15) is 0 Å². The van der Waals surface area contributed by atoms with Gasteiger partial charge in [0, 0.05) is 23.1 Å². The van der Waals surface area contributed by atoms with Crippen LogP contribution in [0.15, 0.2) is 48.5 Å². The van der Waals surface area contributed by atoms with Gasteiger partial charge in [-0.3, -0.25) is 4.72 Å². The fourth-order valence-electron chi connectivity index (χ4n) is 2.92. The SMILES string of the molecule is C[C@H]1C[C@@H](Nc2ccc(NS(C)(=O)=O)cc2)c2ccccc2N1. The number of rotatable bonds is 4. The van der Waals surface area contributed by atoms with Gasteiger partial charge in [-0.2, -0.15) is 0 Å². The first-order valence-electron chi connectivity index (χ1n) is 7.60. The molecule has 3 rings (SSSR count). The van der Waals surface area contributed by atoms with Crippen LogP contribution in [-0.2, 0) is 10.0 Å². The van der Waals surface area contributed by atoms with E-state index in [0.717, 1.165) is 18.4 Å². The Morgan fingerprint density at radius 2 is 1.70 bits per heavy atom. The molecule has 2 atom stereocenters. The van der Waals surface area contributed by atoms with Crippen LogP contribution in [0, 0.1) is 0 Å². The van der Waals surface area contributed by atoms with E-state index in [1.165, 1.54) is 11.3 Å². The topological polar surface area (TPSA) is 70.2 Å². The third kappa shape index (κ3) is 3.96. The first-order chi connectivity index (χ1) is 10.9. The van der Waals surface area contributed by atoms with E-state index in [-0.39, 0.29) is 6.04 Å². The average Bonchev–Trinajstić information content (AvgIpc) is 2.47. The maximum absolute atomic E-state index is 11.2. The monoisotopic (exact) mass is 331 g/mol. The van der Waals surface area contributed by atoms with Crippen LogP contribution in [0.4, 0.5) is 17.1 Å². The van der Waals surface area contributed by atoms with Crippen LogP contribution in [0.2, 0.25) is 0 Å². The number of para-hydroxylation sites is 1. The molecule has 0 unspecified atom stereocenters. The maximum Gasteiger partial charge on any atom is 0.229 e. The van der Waals surface area contributed by atoms with E-state index in [1.807, 2.05) is 24.3 Å². The van der Waals surface area contributed by atoms with Crippen LogP contribution in [0.25, 0.3) is 0 Å². The van der Waals surface area contributed by atoms with E-state index < -0.39 is 10.0 Å². The number of anilines is 3. The highest BCUT2D eigenvalue weighted by Crippen LogP contribution is 2.34. The molecule has 0 bridgehead atoms. The zero-order chi connectivity index (χ0) is 16.4. The summed E-state index contributed by atoms with van der Waals surface area (Å²) in [5.74, 6) is 0. The summed E-state index contributed by atoms with van der Waals surface area (Å²) in [6, 6.07) is 16.2. The molecule has 5 nitrogen and oxygen atoms in total. The molecular weight excluding hydrogens is 310 g/mol. The van der Waals surface area contributed by atoms with Crippen molar-refractivity contribution < 1.29 is 8.42 Å². The highest BCUT2D eigenvalue weighted by Gasteiger charge is 2.23. The molecule has 122 valence electrons. The van der Waals surface area contributed by atoms with E-state index in [0.29, 0.717) is 11.7 Å². The molecule has 0 saturated carbocycles. The molecule has 0 spiro atoms. The Balaban J connectivity index is 1.77. The van der Waals surface area contributed by atoms with Gasteiger partial charge in [0.15, 0.2) is 0 Å². The summed E-state index contributed by atoms with van der Waals surface area (Å²) < 4.78 is 25.0. The first kappa shape index (κ1) is 15.7. The van der Waals surface area contributed by atoms with E-state index in [4.69, 9.17) is 0 Å². The van der Waals surface area contributed by atoms with Gasteiger partial charge in [-0.05, 0) is 49.2 Å². The smallest absolute Gasteiger partial charge is 0.229 e. The molecular formula is C17H21N3O2S. The van der Waals surface area contributed by atoms with Crippen LogP contribution in [0.5, 0.6) is 0 Å². The van der Waals surface area contributed by atoms with E-state index in [1.54, 1.807) is 12.1 Å².